The van der Waals surface area contributed by atoms with E-state index < -0.39 is 10.0 Å². The van der Waals surface area contributed by atoms with Gasteiger partial charge in [-0.25, -0.2) is 8.42 Å². The number of halogens is 1. The normalized spacial score (nSPS) is 19.0. The molecule has 1 unspecified atom stereocenters. The number of ether oxygens (including phenoxy) is 2. The minimum atomic E-state index is -3.52. The quantitative estimate of drug-likeness (QED) is 0.795. The first-order chi connectivity index (χ1) is 11.0. The maximum atomic E-state index is 12.5. The summed E-state index contributed by atoms with van der Waals surface area (Å²) in [6, 6.07) is 6.38. The minimum Gasteiger partial charge on any atom is -0.480 e. The monoisotopic (exact) mass is 375 g/mol. The van der Waals surface area contributed by atoms with Crippen LogP contribution in [-0.2, 0) is 10.0 Å². The lowest BCUT2D eigenvalue weighted by atomic mass is 10.3. The third kappa shape index (κ3) is 3.57. The Bertz CT molecular complexity index is 779. The van der Waals surface area contributed by atoms with E-state index in [1.54, 1.807) is 18.2 Å². The average Bonchev–Trinajstić information content (AvgIpc) is 3.18. The van der Waals surface area contributed by atoms with Crippen molar-refractivity contribution in [3.63, 3.8) is 0 Å². The van der Waals surface area contributed by atoms with Crippen LogP contribution in [0.15, 0.2) is 28.5 Å². The Morgan fingerprint density at radius 2 is 2.00 bits per heavy atom. The molecular formula is C13H14ClN3O4S2. The molecule has 3 rings (SSSR count). The van der Waals surface area contributed by atoms with Crippen LogP contribution >= 0.6 is 22.9 Å². The maximum absolute atomic E-state index is 12.5. The van der Waals surface area contributed by atoms with Gasteiger partial charge in [0.2, 0.25) is 11.8 Å². The number of hydrogen-bond donors (Lipinski definition) is 0. The lowest BCUT2D eigenvalue weighted by molar-refractivity contribution is 0.203. The molecule has 0 bridgehead atoms. The van der Waals surface area contributed by atoms with Crippen molar-refractivity contribution in [3.05, 3.63) is 28.6 Å². The van der Waals surface area contributed by atoms with Gasteiger partial charge >= 0.3 is 0 Å². The number of thiophene rings is 1. The fraction of sp³-hybridized carbons (Fsp3) is 0.385. The molecule has 0 spiro atoms. The van der Waals surface area contributed by atoms with Crippen molar-refractivity contribution in [3.8, 4) is 11.8 Å². The molecule has 7 nitrogen and oxygen atoms in total. The molecule has 1 atom stereocenters. The highest BCUT2D eigenvalue weighted by Crippen LogP contribution is 2.30. The topological polar surface area (TPSA) is 81.6 Å². The van der Waals surface area contributed by atoms with E-state index >= 15 is 0 Å². The summed E-state index contributed by atoms with van der Waals surface area (Å²) < 4.78 is 37.7. The van der Waals surface area contributed by atoms with Gasteiger partial charge in [0.1, 0.15) is 10.3 Å². The van der Waals surface area contributed by atoms with Crippen LogP contribution < -0.4 is 9.47 Å². The van der Waals surface area contributed by atoms with Crippen LogP contribution in [-0.4, -0.2) is 49.2 Å². The van der Waals surface area contributed by atoms with Gasteiger partial charge in [0.05, 0.1) is 18.0 Å². The van der Waals surface area contributed by atoms with Crippen molar-refractivity contribution in [2.24, 2.45) is 0 Å². The van der Waals surface area contributed by atoms with E-state index in [2.05, 4.69) is 10.2 Å². The molecule has 0 saturated carbocycles. The molecule has 23 heavy (non-hydrogen) atoms. The number of nitrogens with zero attached hydrogens (tertiary/aromatic N) is 3. The summed E-state index contributed by atoms with van der Waals surface area (Å²) in [5.41, 5.74) is 0. The standard InChI is InChI=1S/C13H14ClN3O4S2/c1-20-11-3-4-12(16-15-11)21-9-6-7-17(8-9)23(18,19)13-5-2-10(14)22-13/h2-5,9H,6-8H2,1H3. The molecule has 0 amide bonds. The summed E-state index contributed by atoms with van der Waals surface area (Å²) in [7, 11) is -2.02. The van der Waals surface area contributed by atoms with E-state index in [-0.39, 0.29) is 16.9 Å². The van der Waals surface area contributed by atoms with Crippen LogP contribution in [0.1, 0.15) is 6.42 Å². The molecular weight excluding hydrogens is 362 g/mol. The lowest BCUT2D eigenvalue weighted by Gasteiger charge is -2.15. The van der Waals surface area contributed by atoms with Crippen molar-refractivity contribution >= 4 is 33.0 Å². The van der Waals surface area contributed by atoms with E-state index in [0.717, 1.165) is 11.3 Å². The SMILES string of the molecule is COc1ccc(OC2CCN(S(=O)(=O)c3ccc(Cl)s3)C2)nn1. The van der Waals surface area contributed by atoms with Gasteiger partial charge in [-0.3, -0.25) is 0 Å². The molecule has 3 heterocycles. The molecule has 0 N–H and O–H groups in total. The highest BCUT2D eigenvalue weighted by Gasteiger charge is 2.34. The predicted molar refractivity (Wildman–Crippen MR) is 85.7 cm³/mol. The largest absolute Gasteiger partial charge is 0.480 e. The third-order valence-electron chi connectivity index (χ3n) is 3.36. The molecule has 124 valence electrons. The Balaban J connectivity index is 1.66. The number of hydrogen-bond acceptors (Lipinski definition) is 7. The Morgan fingerprint density at radius 3 is 2.61 bits per heavy atom. The second kappa shape index (κ2) is 6.60. The first-order valence-corrected chi connectivity index (χ1v) is 9.42. The van der Waals surface area contributed by atoms with Crippen molar-refractivity contribution in [2.75, 3.05) is 20.2 Å². The number of sulfonamides is 1. The van der Waals surface area contributed by atoms with Gasteiger partial charge in [-0.1, -0.05) is 11.6 Å². The van der Waals surface area contributed by atoms with Crippen LogP contribution in [0.4, 0.5) is 0 Å². The van der Waals surface area contributed by atoms with Crippen molar-refractivity contribution in [2.45, 2.75) is 16.7 Å². The molecule has 1 aliphatic heterocycles. The van der Waals surface area contributed by atoms with E-state index in [0.29, 0.717) is 29.1 Å². The highest BCUT2D eigenvalue weighted by molar-refractivity contribution is 7.91. The van der Waals surface area contributed by atoms with E-state index in [9.17, 15) is 8.42 Å². The van der Waals surface area contributed by atoms with Gasteiger partial charge < -0.3 is 9.47 Å². The van der Waals surface area contributed by atoms with Crippen LogP contribution in [0.3, 0.4) is 0 Å². The molecule has 0 aromatic carbocycles. The number of methoxy groups -OCH3 is 1. The highest BCUT2D eigenvalue weighted by atomic mass is 35.5. The molecule has 2 aromatic heterocycles. The molecule has 10 heteroatoms. The minimum absolute atomic E-state index is 0.243. The number of aromatic nitrogens is 2. The first-order valence-electron chi connectivity index (χ1n) is 6.79. The smallest absolute Gasteiger partial charge is 0.252 e. The Labute approximate surface area is 142 Å². The first kappa shape index (κ1) is 16.4. The van der Waals surface area contributed by atoms with Crippen molar-refractivity contribution < 1.29 is 17.9 Å². The second-order valence-electron chi connectivity index (χ2n) is 4.86. The predicted octanol–water partition coefficient (Wildman–Crippen LogP) is 2.04. The van der Waals surface area contributed by atoms with E-state index in [1.807, 2.05) is 0 Å². The summed E-state index contributed by atoms with van der Waals surface area (Å²) in [6.45, 7) is 0.664. The Kier molecular flexibility index (Phi) is 4.72. The van der Waals surface area contributed by atoms with Crippen molar-refractivity contribution in [1.82, 2.24) is 14.5 Å². The van der Waals surface area contributed by atoms with Crippen LogP contribution in [0.25, 0.3) is 0 Å². The molecule has 2 aromatic rings. The fourth-order valence-corrected chi connectivity index (χ4v) is 5.35. The fourth-order valence-electron chi connectivity index (χ4n) is 2.23. The Morgan fingerprint density at radius 1 is 1.26 bits per heavy atom. The van der Waals surface area contributed by atoms with Gasteiger partial charge in [-0.15, -0.1) is 21.5 Å². The maximum Gasteiger partial charge on any atom is 0.252 e. The van der Waals surface area contributed by atoms with Gasteiger partial charge in [-0.2, -0.15) is 4.31 Å². The molecule has 0 aliphatic carbocycles. The number of rotatable bonds is 5. The zero-order chi connectivity index (χ0) is 16.4. The summed E-state index contributed by atoms with van der Waals surface area (Å²) >= 11 is 6.87. The summed E-state index contributed by atoms with van der Waals surface area (Å²) in [6.07, 6.45) is 0.328. The third-order valence-corrected chi connectivity index (χ3v) is 6.93. The summed E-state index contributed by atoms with van der Waals surface area (Å²) in [5, 5.41) is 7.70. The zero-order valence-corrected chi connectivity index (χ0v) is 14.6. The van der Waals surface area contributed by atoms with Gasteiger partial charge in [0, 0.05) is 18.7 Å². The van der Waals surface area contributed by atoms with Crippen molar-refractivity contribution in [1.29, 1.82) is 0 Å². The molecule has 1 aliphatic rings. The average molecular weight is 376 g/mol. The zero-order valence-electron chi connectivity index (χ0n) is 12.2. The van der Waals surface area contributed by atoms with Gasteiger partial charge in [0.15, 0.2) is 0 Å². The van der Waals surface area contributed by atoms with Crippen LogP contribution in [0.2, 0.25) is 4.34 Å². The second-order valence-corrected chi connectivity index (χ2v) is 8.74. The summed E-state index contributed by atoms with van der Waals surface area (Å²) in [4.78, 5) is 0. The van der Waals surface area contributed by atoms with E-state index in [1.165, 1.54) is 17.5 Å². The van der Waals surface area contributed by atoms with Gasteiger partial charge in [0.25, 0.3) is 10.0 Å². The van der Waals surface area contributed by atoms with E-state index in [4.69, 9.17) is 21.1 Å². The lowest BCUT2D eigenvalue weighted by Crippen LogP contribution is -2.30. The summed E-state index contributed by atoms with van der Waals surface area (Å²) in [5.74, 6) is 0.733. The van der Waals surface area contributed by atoms with Gasteiger partial charge in [-0.05, 0) is 18.6 Å². The molecule has 1 saturated heterocycles. The molecule has 1 fully saturated rings. The van der Waals surface area contributed by atoms with Crippen LogP contribution in [0.5, 0.6) is 11.8 Å². The molecule has 0 radical (unpaired) electrons. The van der Waals surface area contributed by atoms with Crippen LogP contribution in [0, 0.1) is 0 Å². The Hall–Kier alpha value is -1.42.